The van der Waals surface area contributed by atoms with E-state index in [4.69, 9.17) is 5.11 Å². The maximum Gasteiger partial charge on any atom is 0.0448 e. The molecule has 0 aromatic heterocycles. The molecule has 2 heteroatoms. The van der Waals surface area contributed by atoms with Crippen LogP contribution in [0.15, 0.2) is 0 Å². The van der Waals surface area contributed by atoms with Gasteiger partial charge in [-0.2, -0.15) is 0 Å². The summed E-state index contributed by atoms with van der Waals surface area (Å²) in [6.45, 7) is 9.49. The van der Waals surface area contributed by atoms with Gasteiger partial charge < -0.3 is 5.11 Å². The van der Waals surface area contributed by atoms with Gasteiger partial charge in [0.15, 0.2) is 0 Å². The highest BCUT2D eigenvalue weighted by Gasteiger charge is 2.35. The summed E-state index contributed by atoms with van der Waals surface area (Å²) in [5, 5.41) is 8.91. The molecule has 0 aromatic carbocycles. The molecular weight excluding hydrogens is 162 g/mol. The fourth-order valence-electron chi connectivity index (χ4n) is 2.09. The summed E-state index contributed by atoms with van der Waals surface area (Å²) in [6.07, 6.45) is 3.57. The van der Waals surface area contributed by atoms with Crippen molar-refractivity contribution in [1.29, 1.82) is 0 Å². The second-order valence-electron chi connectivity index (χ2n) is 4.85. The first-order chi connectivity index (χ1) is 6.10. The molecule has 0 atom stereocenters. The highest BCUT2D eigenvalue weighted by atomic mass is 16.3. The minimum absolute atomic E-state index is 0.207. The Morgan fingerprint density at radius 3 is 2.46 bits per heavy atom. The van der Waals surface area contributed by atoms with Gasteiger partial charge in [-0.1, -0.05) is 13.3 Å². The lowest BCUT2D eigenvalue weighted by Gasteiger charge is -2.49. The van der Waals surface area contributed by atoms with Gasteiger partial charge in [0, 0.05) is 25.2 Å². The summed E-state index contributed by atoms with van der Waals surface area (Å²) < 4.78 is 0. The van der Waals surface area contributed by atoms with Gasteiger partial charge in [0.25, 0.3) is 0 Å². The zero-order valence-corrected chi connectivity index (χ0v) is 9.21. The van der Waals surface area contributed by atoms with Crippen molar-refractivity contribution in [3.05, 3.63) is 0 Å². The lowest BCUT2D eigenvalue weighted by Crippen LogP contribution is -2.57. The topological polar surface area (TPSA) is 23.5 Å². The second-order valence-corrected chi connectivity index (χ2v) is 4.85. The van der Waals surface area contributed by atoms with Crippen molar-refractivity contribution in [1.82, 2.24) is 4.90 Å². The molecule has 1 aliphatic heterocycles. The number of aliphatic hydroxyl groups excluding tert-OH is 1. The molecule has 0 aromatic rings. The molecule has 1 fully saturated rings. The first-order valence-corrected chi connectivity index (χ1v) is 5.46. The fraction of sp³-hybridized carbons (Fsp3) is 1.00. The summed E-state index contributed by atoms with van der Waals surface area (Å²) >= 11 is 0. The second kappa shape index (κ2) is 4.43. The van der Waals surface area contributed by atoms with Crippen LogP contribution in [0.4, 0.5) is 0 Å². The lowest BCUT2D eigenvalue weighted by atomic mass is 9.87. The summed E-state index contributed by atoms with van der Waals surface area (Å²) in [4.78, 5) is 2.49. The number of hydrogen-bond donors (Lipinski definition) is 1. The van der Waals surface area contributed by atoms with Crippen LogP contribution in [0.25, 0.3) is 0 Å². The van der Waals surface area contributed by atoms with E-state index in [2.05, 4.69) is 25.7 Å². The SMILES string of the molecule is CCCC1CN(C(C)(C)CCO)C1. The Balaban J connectivity index is 2.25. The van der Waals surface area contributed by atoms with Gasteiger partial charge >= 0.3 is 0 Å². The van der Waals surface area contributed by atoms with E-state index >= 15 is 0 Å². The lowest BCUT2D eigenvalue weighted by molar-refractivity contribution is -0.0118. The van der Waals surface area contributed by atoms with Crippen molar-refractivity contribution >= 4 is 0 Å². The molecule has 1 N–H and O–H groups in total. The maximum absolute atomic E-state index is 8.91. The van der Waals surface area contributed by atoms with Crippen LogP contribution in [-0.2, 0) is 0 Å². The van der Waals surface area contributed by atoms with Crippen LogP contribution >= 0.6 is 0 Å². The number of rotatable bonds is 5. The number of aliphatic hydroxyl groups is 1. The molecule has 0 amide bonds. The molecule has 13 heavy (non-hydrogen) atoms. The Morgan fingerprint density at radius 2 is 2.00 bits per heavy atom. The van der Waals surface area contributed by atoms with Crippen LogP contribution < -0.4 is 0 Å². The smallest absolute Gasteiger partial charge is 0.0448 e. The Kier molecular flexibility index (Phi) is 3.74. The standard InChI is InChI=1S/C11H23NO/c1-4-5-10-8-12(9-10)11(2,3)6-7-13/h10,13H,4-9H2,1-3H3. The van der Waals surface area contributed by atoms with Gasteiger partial charge in [0.2, 0.25) is 0 Å². The molecule has 1 saturated heterocycles. The quantitative estimate of drug-likeness (QED) is 0.707. The molecule has 0 bridgehead atoms. The summed E-state index contributed by atoms with van der Waals surface area (Å²) in [5.41, 5.74) is 0.207. The van der Waals surface area contributed by atoms with E-state index in [0.717, 1.165) is 12.3 Å². The first-order valence-electron chi connectivity index (χ1n) is 5.46. The van der Waals surface area contributed by atoms with Gasteiger partial charge in [-0.25, -0.2) is 0 Å². The van der Waals surface area contributed by atoms with Gasteiger partial charge in [-0.05, 0) is 32.6 Å². The Labute approximate surface area is 81.9 Å². The molecule has 1 heterocycles. The van der Waals surface area contributed by atoms with E-state index in [1.807, 2.05) is 0 Å². The first kappa shape index (κ1) is 11.0. The van der Waals surface area contributed by atoms with E-state index in [1.54, 1.807) is 0 Å². The van der Waals surface area contributed by atoms with Gasteiger partial charge in [0.1, 0.15) is 0 Å². The normalized spacial score (nSPS) is 20.3. The van der Waals surface area contributed by atoms with Gasteiger partial charge in [-0.15, -0.1) is 0 Å². The Hall–Kier alpha value is -0.0800. The molecule has 0 unspecified atom stereocenters. The summed E-state index contributed by atoms with van der Waals surface area (Å²) in [6, 6.07) is 0. The maximum atomic E-state index is 8.91. The molecule has 1 rings (SSSR count). The van der Waals surface area contributed by atoms with Crippen molar-refractivity contribution in [2.75, 3.05) is 19.7 Å². The number of likely N-dealkylation sites (tertiary alicyclic amines) is 1. The molecular formula is C11H23NO. The van der Waals surface area contributed by atoms with Crippen LogP contribution in [-0.4, -0.2) is 35.2 Å². The molecule has 2 nitrogen and oxygen atoms in total. The summed E-state index contributed by atoms with van der Waals surface area (Å²) in [7, 11) is 0. The Bertz CT molecular complexity index is 150. The predicted octanol–water partition coefficient (Wildman–Crippen LogP) is 1.88. The number of nitrogens with zero attached hydrogens (tertiary/aromatic N) is 1. The van der Waals surface area contributed by atoms with Crippen LogP contribution in [0.2, 0.25) is 0 Å². The molecule has 0 aliphatic carbocycles. The Morgan fingerprint density at radius 1 is 1.38 bits per heavy atom. The zero-order valence-electron chi connectivity index (χ0n) is 9.21. The van der Waals surface area contributed by atoms with Crippen LogP contribution in [0.3, 0.4) is 0 Å². The van der Waals surface area contributed by atoms with E-state index in [9.17, 15) is 0 Å². The fourth-order valence-corrected chi connectivity index (χ4v) is 2.09. The average molecular weight is 185 g/mol. The van der Waals surface area contributed by atoms with E-state index in [0.29, 0.717) is 6.61 Å². The van der Waals surface area contributed by atoms with Gasteiger partial charge in [-0.3, -0.25) is 4.90 Å². The van der Waals surface area contributed by atoms with E-state index in [1.165, 1.54) is 25.9 Å². The minimum atomic E-state index is 0.207. The molecule has 78 valence electrons. The molecule has 0 radical (unpaired) electrons. The van der Waals surface area contributed by atoms with Crippen molar-refractivity contribution < 1.29 is 5.11 Å². The zero-order chi connectivity index (χ0) is 9.90. The van der Waals surface area contributed by atoms with E-state index in [-0.39, 0.29) is 5.54 Å². The van der Waals surface area contributed by atoms with Crippen molar-refractivity contribution in [3.8, 4) is 0 Å². The molecule has 0 saturated carbocycles. The van der Waals surface area contributed by atoms with Crippen molar-refractivity contribution in [2.24, 2.45) is 5.92 Å². The van der Waals surface area contributed by atoms with Crippen LogP contribution in [0.1, 0.15) is 40.0 Å². The summed E-state index contributed by atoms with van der Waals surface area (Å²) in [5.74, 6) is 0.919. The third-order valence-corrected chi connectivity index (χ3v) is 3.23. The molecule has 1 aliphatic rings. The minimum Gasteiger partial charge on any atom is -0.396 e. The largest absolute Gasteiger partial charge is 0.396 e. The van der Waals surface area contributed by atoms with Crippen LogP contribution in [0.5, 0.6) is 0 Å². The predicted molar refractivity (Wildman–Crippen MR) is 55.8 cm³/mol. The molecule has 0 spiro atoms. The monoisotopic (exact) mass is 185 g/mol. The van der Waals surface area contributed by atoms with Crippen molar-refractivity contribution in [3.63, 3.8) is 0 Å². The third kappa shape index (κ3) is 2.68. The number of hydrogen-bond acceptors (Lipinski definition) is 2. The highest BCUT2D eigenvalue weighted by molar-refractivity contribution is 4.90. The van der Waals surface area contributed by atoms with E-state index < -0.39 is 0 Å². The van der Waals surface area contributed by atoms with Gasteiger partial charge in [0.05, 0.1) is 0 Å². The highest BCUT2D eigenvalue weighted by Crippen LogP contribution is 2.30. The van der Waals surface area contributed by atoms with Crippen LogP contribution in [0, 0.1) is 5.92 Å². The third-order valence-electron chi connectivity index (χ3n) is 3.23. The van der Waals surface area contributed by atoms with Crippen molar-refractivity contribution in [2.45, 2.75) is 45.6 Å². The average Bonchev–Trinajstić information content (AvgIpc) is 1.95.